The summed E-state index contributed by atoms with van der Waals surface area (Å²) in [5.74, 6) is -1.23. The summed E-state index contributed by atoms with van der Waals surface area (Å²) < 4.78 is 0. The van der Waals surface area contributed by atoms with Gasteiger partial charge in [-0.15, -0.1) is 0 Å². The van der Waals surface area contributed by atoms with E-state index in [4.69, 9.17) is 5.11 Å². The molecule has 1 saturated heterocycles. The number of carbonyl (C=O) groups is 3. The lowest BCUT2D eigenvalue weighted by atomic mass is 10.0. The van der Waals surface area contributed by atoms with E-state index >= 15 is 0 Å². The molecule has 106 valence electrons. The molecule has 1 aliphatic rings. The lowest BCUT2D eigenvalue weighted by Crippen LogP contribution is -2.54. The average molecular weight is 269 g/mol. The maximum atomic E-state index is 11.9. The van der Waals surface area contributed by atoms with Crippen LogP contribution < -0.4 is 10.6 Å². The lowest BCUT2D eigenvalue weighted by molar-refractivity contribution is -0.131. The Morgan fingerprint density at radius 3 is 2.74 bits per heavy atom. The summed E-state index contributed by atoms with van der Waals surface area (Å²) in [4.78, 5) is 35.4. The fourth-order valence-electron chi connectivity index (χ4n) is 2.02. The monoisotopic (exact) mass is 269 g/mol. The number of hydrogen-bond donors (Lipinski definition) is 3. The highest BCUT2D eigenvalue weighted by Crippen LogP contribution is 2.17. The van der Waals surface area contributed by atoms with Crippen LogP contribution in [0.2, 0.25) is 0 Å². The minimum absolute atomic E-state index is 0.127. The van der Waals surface area contributed by atoms with Crippen molar-refractivity contribution >= 4 is 17.9 Å². The normalized spacial score (nSPS) is 19.2. The van der Waals surface area contributed by atoms with E-state index in [9.17, 15) is 14.4 Å². The lowest BCUT2D eigenvalue weighted by Gasteiger charge is -2.34. The molecular formula is C12H19N3O4. The molecule has 0 radical (unpaired) electrons. The van der Waals surface area contributed by atoms with Gasteiger partial charge in [0.25, 0.3) is 0 Å². The molecule has 3 amide bonds. The van der Waals surface area contributed by atoms with Gasteiger partial charge in [0.05, 0.1) is 0 Å². The molecule has 0 aromatic rings. The van der Waals surface area contributed by atoms with Crippen molar-refractivity contribution in [2.24, 2.45) is 0 Å². The van der Waals surface area contributed by atoms with Crippen LogP contribution in [0.5, 0.6) is 0 Å². The van der Waals surface area contributed by atoms with Gasteiger partial charge in [-0.25, -0.2) is 9.59 Å². The average Bonchev–Trinajstić information content (AvgIpc) is 2.42. The highest BCUT2D eigenvalue weighted by molar-refractivity contribution is 5.87. The molecule has 1 heterocycles. The second-order valence-electron chi connectivity index (χ2n) is 4.25. The molecule has 0 saturated carbocycles. The van der Waals surface area contributed by atoms with E-state index in [0.29, 0.717) is 13.0 Å². The van der Waals surface area contributed by atoms with E-state index in [0.717, 1.165) is 18.9 Å². The highest BCUT2D eigenvalue weighted by atomic mass is 16.4. The van der Waals surface area contributed by atoms with Crippen molar-refractivity contribution in [3.05, 3.63) is 12.2 Å². The zero-order valence-corrected chi connectivity index (χ0v) is 10.9. The number of hydrogen-bond acceptors (Lipinski definition) is 3. The number of rotatable bonds is 4. The van der Waals surface area contributed by atoms with E-state index in [-0.39, 0.29) is 18.5 Å². The second kappa shape index (κ2) is 7.40. The molecule has 0 aromatic heterocycles. The van der Waals surface area contributed by atoms with Gasteiger partial charge < -0.3 is 20.6 Å². The summed E-state index contributed by atoms with van der Waals surface area (Å²) in [6.45, 7) is 0.661. The van der Waals surface area contributed by atoms with Gasteiger partial charge in [0.2, 0.25) is 5.91 Å². The summed E-state index contributed by atoms with van der Waals surface area (Å²) in [7, 11) is 1.54. The standard InChI is InChI=1S/C12H19N3O4/c1-13-11(18)9-5-2-3-8-15(9)12(19)14-7-4-6-10(16)17/h4,6,9H,2-3,5,7-8H2,1H3,(H,13,18)(H,14,19)(H,16,17)/b6-4+. The van der Waals surface area contributed by atoms with Crippen LogP contribution in [0, 0.1) is 0 Å². The number of likely N-dealkylation sites (N-methyl/N-ethyl adjacent to an activating group) is 1. The zero-order valence-electron chi connectivity index (χ0n) is 10.9. The Balaban J connectivity index is 2.52. The fourth-order valence-corrected chi connectivity index (χ4v) is 2.02. The first kappa shape index (κ1) is 15.0. The predicted molar refractivity (Wildman–Crippen MR) is 68.6 cm³/mol. The number of carboxylic acids is 1. The SMILES string of the molecule is CNC(=O)C1CCCCN1C(=O)NC/C=C/C(=O)O. The Labute approximate surface area is 111 Å². The summed E-state index contributed by atoms with van der Waals surface area (Å²) in [5, 5.41) is 13.5. The topological polar surface area (TPSA) is 98.7 Å². The van der Waals surface area contributed by atoms with Crippen molar-refractivity contribution in [1.82, 2.24) is 15.5 Å². The molecule has 1 aliphatic heterocycles. The van der Waals surface area contributed by atoms with Crippen molar-refractivity contribution in [1.29, 1.82) is 0 Å². The fraction of sp³-hybridized carbons (Fsp3) is 0.583. The number of nitrogens with one attached hydrogen (secondary N) is 2. The number of nitrogens with zero attached hydrogens (tertiary/aromatic N) is 1. The van der Waals surface area contributed by atoms with Crippen LogP contribution in [0.1, 0.15) is 19.3 Å². The van der Waals surface area contributed by atoms with Gasteiger partial charge in [-0.3, -0.25) is 4.79 Å². The highest BCUT2D eigenvalue weighted by Gasteiger charge is 2.31. The van der Waals surface area contributed by atoms with E-state index < -0.39 is 12.0 Å². The van der Waals surface area contributed by atoms with Crippen molar-refractivity contribution in [2.45, 2.75) is 25.3 Å². The minimum atomic E-state index is -1.06. The van der Waals surface area contributed by atoms with Crippen LogP contribution in [-0.4, -0.2) is 54.1 Å². The maximum Gasteiger partial charge on any atom is 0.328 e. The van der Waals surface area contributed by atoms with Gasteiger partial charge in [0.1, 0.15) is 6.04 Å². The molecule has 3 N–H and O–H groups in total. The first-order valence-corrected chi connectivity index (χ1v) is 6.21. The van der Waals surface area contributed by atoms with Crippen molar-refractivity contribution in [2.75, 3.05) is 20.1 Å². The summed E-state index contributed by atoms with van der Waals surface area (Å²) in [6, 6.07) is -0.787. The molecule has 0 bridgehead atoms. The molecule has 0 spiro atoms. The Hall–Kier alpha value is -2.05. The van der Waals surface area contributed by atoms with Crippen molar-refractivity contribution in [3.63, 3.8) is 0 Å². The van der Waals surface area contributed by atoms with Crippen molar-refractivity contribution in [3.8, 4) is 0 Å². The Kier molecular flexibility index (Phi) is 5.84. The Morgan fingerprint density at radius 1 is 1.37 bits per heavy atom. The number of piperidine rings is 1. The Bertz CT molecular complexity index is 381. The van der Waals surface area contributed by atoms with Crippen LogP contribution >= 0.6 is 0 Å². The molecular weight excluding hydrogens is 250 g/mol. The van der Waals surface area contributed by atoms with Crippen LogP contribution in [0.25, 0.3) is 0 Å². The molecule has 7 heteroatoms. The second-order valence-corrected chi connectivity index (χ2v) is 4.25. The zero-order chi connectivity index (χ0) is 14.3. The molecule has 0 aliphatic carbocycles. The quantitative estimate of drug-likeness (QED) is 0.622. The van der Waals surface area contributed by atoms with Gasteiger partial charge in [0.15, 0.2) is 0 Å². The van der Waals surface area contributed by atoms with Gasteiger partial charge >= 0.3 is 12.0 Å². The number of carboxylic acid groups (broad SMARTS) is 1. The first-order chi connectivity index (χ1) is 9.06. The van der Waals surface area contributed by atoms with Crippen molar-refractivity contribution < 1.29 is 19.5 Å². The summed E-state index contributed by atoms with van der Waals surface area (Å²) in [5.41, 5.74) is 0. The molecule has 1 atom stereocenters. The van der Waals surface area contributed by atoms with Crippen LogP contribution in [-0.2, 0) is 9.59 Å². The molecule has 7 nitrogen and oxygen atoms in total. The summed E-state index contributed by atoms with van der Waals surface area (Å²) in [6.07, 6.45) is 4.75. The minimum Gasteiger partial charge on any atom is -0.478 e. The van der Waals surface area contributed by atoms with Crippen LogP contribution in [0.4, 0.5) is 4.79 Å². The maximum absolute atomic E-state index is 11.9. The number of amides is 3. The third-order valence-electron chi connectivity index (χ3n) is 2.94. The van der Waals surface area contributed by atoms with Gasteiger partial charge in [0, 0.05) is 26.2 Å². The molecule has 1 rings (SSSR count). The first-order valence-electron chi connectivity index (χ1n) is 6.21. The van der Waals surface area contributed by atoms with Gasteiger partial charge in [-0.1, -0.05) is 6.08 Å². The number of urea groups is 1. The van der Waals surface area contributed by atoms with E-state index in [2.05, 4.69) is 10.6 Å². The summed E-state index contributed by atoms with van der Waals surface area (Å²) >= 11 is 0. The van der Waals surface area contributed by atoms with E-state index in [1.165, 1.54) is 11.0 Å². The van der Waals surface area contributed by atoms with E-state index in [1.807, 2.05) is 0 Å². The van der Waals surface area contributed by atoms with Gasteiger partial charge in [-0.05, 0) is 19.3 Å². The number of carbonyl (C=O) groups excluding carboxylic acids is 2. The third-order valence-corrected chi connectivity index (χ3v) is 2.94. The number of aliphatic carboxylic acids is 1. The molecule has 0 aromatic carbocycles. The predicted octanol–water partition coefficient (Wildman–Crippen LogP) is -0.0627. The van der Waals surface area contributed by atoms with Crippen LogP contribution in [0.15, 0.2) is 12.2 Å². The molecule has 1 fully saturated rings. The molecule has 19 heavy (non-hydrogen) atoms. The van der Waals surface area contributed by atoms with Crippen LogP contribution in [0.3, 0.4) is 0 Å². The largest absolute Gasteiger partial charge is 0.478 e. The number of likely N-dealkylation sites (tertiary alicyclic amines) is 1. The smallest absolute Gasteiger partial charge is 0.328 e. The molecule has 1 unspecified atom stereocenters. The third kappa shape index (κ3) is 4.61. The van der Waals surface area contributed by atoms with E-state index in [1.54, 1.807) is 7.05 Å². The van der Waals surface area contributed by atoms with Gasteiger partial charge in [-0.2, -0.15) is 0 Å². The Morgan fingerprint density at radius 2 is 2.11 bits per heavy atom.